The molecule has 1 aromatic heterocycles. The first-order valence-electron chi connectivity index (χ1n) is 6.76. The molecule has 1 heterocycles. The molecule has 0 radical (unpaired) electrons. The fourth-order valence-corrected chi connectivity index (χ4v) is 1.89. The number of pyridine rings is 1. The van der Waals surface area contributed by atoms with E-state index in [1.54, 1.807) is 6.20 Å². The van der Waals surface area contributed by atoms with Crippen LogP contribution in [0.5, 0.6) is 0 Å². The highest BCUT2D eigenvalue weighted by atomic mass is 16.1. The van der Waals surface area contributed by atoms with E-state index in [0.29, 0.717) is 6.04 Å². The van der Waals surface area contributed by atoms with Crippen molar-refractivity contribution in [2.45, 2.75) is 45.6 Å². The van der Waals surface area contributed by atoms with Crippen molar-refractivity contribution < 1.29 is 4.79 Å². The minimum Gasteiger partial charge on any atom is -0.367 e. The standard InChI is InChI=1S/C14H21N3O/c1-3-10(4-2)14(18)17-12-7-8-13(15-9-12)16-11-5-6-11/h7-11H,3-6H2,1-2H3,(H,15,16)(H,17,18). The molecule has 0 unspecified atom stereocenters. The summed E-state index contributed by atoms with van der Waals surface area (Å²) in [6.45, 7) is 4.07. The summed E-state index contributed by atoms with van der Waals surface area (Å²) in [4.78, 5) is 16.2. The molecule has 1 aliphatic rings. The van der Waals surface area contributed by atoms with Gasteiger partial charge in [-0.2, -0.15) is 0 Å². The van der Waals surface area contributed by atoms with Gasteiger partial charge < -0.3 is 10.6 Å². The lowest BCUT2D eigenvalue weighted by molar-refractivity contribution is -0.120. The number of hydrogen-bond acceptors (Lipinski definition) is 3. The molecule has 1 fully saturated rings. The molecule has 4 heteroatoms. The van der Waals surface area contributed by atoms with Crippen molar-refractivity contribution in [1.29, 1.82) is 0 Å². The molecule has 98 valence electrons. The molecular weight excluding hydrogens is 226 g/mol. The first-order chi connectivity index (χ1) is 8.72. The van der Waals surface area contributed by atoms with E-state index in [9.17, 15) is 4.79 Å². The summed E-state index contributed by atoms with van der Waals surface area (Å²) in [5.41, 5.74) is 0.772. The number of hydrogen-bond donors (Lipinski definition) is 2. The van der Waals surface area contributed by atoms with Gasteiger partial charge in [-0.3, -0.25) is 4.79 Å². The Morgan fingerprint density at radius 2 is 2.11 bits per heavy atom. The average Bonchev–Trinajstić information content (AvgIpc) is 3.17. The number of carbonyl (C=O) groups is 1. The minimum absolute atomic E-state index is 0.0877. The van der Waals surface area contributed by atoms with Gasteiger partial charge in [-0.05, 0) is 37.8 Å². The van der Waals surface area contributed by atoms with E-state index in [1.807, 2.05) is 26.0 Å². The summed E-state index contributed by atoms with van der Waals surface area (Å²) in [6, 6.07) is 4.42. The number of amides is 1. The summed E-state index contributed by atoms with van der Waals surface area (Å²) in [7, 11) is 0. The highest BCUT2D eigenvalue weighted by Gasteiger charge is 2.21. The van der Waals surface area contributed by atoms with E-state index in [1.165, 1.54) is 12.8 Å². The average molecular weight is 247 g/mol. The molecule has 2 rings (SSSR count). The van der Waals surface area contributed by atoms with E-state index >= 15 is 0 Å². The predicted octanol–water partition coefficient (Wildman–Crippen LogP) is 3.03. The summed E-state index contributed by atoms with van der Waals surface area (Å²) < 4.78 is 0. The molecule has 2 N–H and O–H groups in total. The molecule has 1 amide bonds. The SMILES string of the molecule is CCC(CC)C(=O)Nc1ccc(NC2CC2)nc1. The number of nitrogens with zero attached hydrogens (tertiary/aromatic N) is 1. The molecular formula is C14H21N3O. The lowest BCUT2D eigenvalue weighted by atomic mass is 10.0. The van der Waals surface area contributed by atoms with Crippen LogP contribution in [-0.4, -0.2) is 16.9 Å². The van der Waals surface area contributed by atoms with E-state index in [-0.39, 0.29) is 11.8 Å². The summed E-state index contributed by atoms with van der Waals surface area (Å²) in [6.07, 6.45) is 5.92. The molecule has 18 heavy (non-hydrogen) atoms. The van der Waals surface area contributed by atoms with Crippen LogP contribution in [0.4, 0.5) is 11.5 Å². The maximum absolute atomic E-state index is 11.9. The molecule has 1 aromatic rings. The summed E-state index contributed by atoms with van der Waals surface area (Å²) in [5.74, 6) is 1.07. The summed E-state index contributed by atoms with van der Waals surface area (Å²) >= 11 is 0. The van der Waals surface area contributed by atoms with E-state index < -0.39 is 0 Å². The number of carbonyl (C=O) groups excluding carboxylic acids is 1. The van der Waals surface area contributed by atoms with Gasteiger partial charge in [-0.25, -0.2) is 4.98 Å². The molecule has 0 saturated heterocycles. The summed E-state index contributed by atoms with van der Waals surface area (Å²) in [5, 5.41) is 6.23. The van der Waals surface area contributed by atoms with Crippen molar-refractivity contribution in [2.75, 3.05) is 10.6 Å². The Morgan fingerprint density at radius 3 is 2.61 bits per heavy atom. The Bertz CT molecular complexity index is 394. The third kappa shape index (κ3) is 3.45. The smallest absolute Gasteiger partial charge is 0.227 e. The van der Waals surface area contributed by atoms with Gasteiger partial charge in [0, 0.05) is 12.0 Å². The Hall–Kier alpha value is -1.58. The third-order valence-electron chi connectivity index (χ3n) is 3.32. The van der Waals surface area contributed by atoms with Crippen LogP contribution in [0.15, 0.2) is 18.3 Å². The molecule has 0 atom stereocenters. The molecule has 1 aliphatic carbocycles. The molecule has 0 aromatic carbocycles. The first-order valence-corrected chi connectivity index (χ1v) is 6.76. The second-order valence-electron chi connectivity index (χ2n) is 4.85. The molecule has 1 saturated carbocycles. The van der Waals surface area contributed by atoms with Gasteiger partial charge in [0.1, 0.15) is 5.82 Å². The molecule has 0 spiro atoms. The molecule has 0 aliphatic heterocycles. The molecule has 0 bridgehead atoms. The van der Waals surface area contributed by atoms with Gasteiger partial charge >= 0.3 is 0 Å². The second-order valence-corrected chi connectivity index (χ2v) is 4.85. The van der Waals surface area contributed by atoms with Gasteiger partial charge in [0.05, 0.1) is 11.9 Å². The van der Waals surface area contributed by atoms with Crippen LogP contribution in [-0.2, 0) is 4.79 Å². The monoisotopic (exact) mass is 247 g/mol. The van der Waals surface area contributed by atoms with Crippen molar-refractivity contribution in [3.05, 3.63) is 18.3 Å². The third-order valence-corrected chi connectivity index (χ3v) is 3.32. The topological polar surface area (TPSA) is 54.0 Å². The lowest BCUT2D eigenvalue weighted by Crippen LogP contribution is -2.21. The van der Waals surface area contributed by atoms with E-state index in [0.717, 1.165) is 24.3 Å². The highest BCUT2D eigenvalue weighted by Crippen LogP contribution is 2.24. The van der Waals surface area contributed by atoms with E-state index in [4.69, 9.17) is 0 Å². The van der Waals surface area contributed by atoms with Crippen LogP contribution in [0.2, 0.25) is 0 Å². The van der Waals surface area contributed by atoms with Crippen LogP contribution in [0.3, 0.4) is 0 Å². The Balaban J connectivity index is 1.90. The van der Waals surface area contributed by atoms with Crippen molar-refractivity contribution in [3.8, 4) is 0 Å². The second kappa shape index (κ2) is 5.85. The van der Waals surface area contributed by atoms with Gasteiger partial charge in [-0.1, -0.05) is 13.8 Å². The van der Waals surface area contributed by atoms with Crippen LogP contribution in [0.1, 0.15) is 39.5 Å². The minimum atomic E-state index is 0.0877. The Kier molecular flexibility index (Phi) is 4.18. The largest absolute Gasteiger partial charge is 0.367 e. The van der Waals surface area contributed by atoms with Crippen LogP contribution in [0.25, 0.3) is 0 Å². The fourth-order valence-electron chi connectivity index (χ4n) is 1.89. The Labute approximate surface area is 108 Å². The van der Waals surface area contributed by atoms with Crippen LogP contribution >= 0.6 is 0 Å². The normalized spacial score (nSPS) is 14.6. The van der Waals surface area contributed by atoms with Crippen molar-refractivity contribution >= 4 is 17.4 Å². The van der Waals surface area contributed by atoms with Crippen molar-refractivity contribution in [3.63, 3.8) is 0 Å². The zero-order valence-corrected chi connectivity index (χ0v) is 11.1. The van der Waals surface area contributed by atoms with Gasteiger partial charge in [0.25, 0.3) is 0 Å². The van der Waals surface area contributed by atoms with Gasteiger partial charge in [0.15, 0.2) is 0 Å². The number of rotatable bonds is 6. The zero-order chi connectivity index (χ0) is 13.0. The number of aromatic nitrogens is 1. The van der Waals surface area contributed by atoms with Gasteiger partial charge in [0.2, 0.25) is 5.91 Å². The fraction of sp³-hybridized carbons (Fsp3) is 0.571. The molecule has 4 nitrogen and oxygen atoms in total. The predicted molar refractivity (Wildman–Crippen MR) is 73.6 cm³/mol. The van der Waals surface area contributed by atoms with E-state index in [2.05, 4.69) is 15.6 Å². The Morgan fingerprint density at radius 1 is 1.39 bits per heavy atom. The van der Waals surface area contributed by atoms with Crippen LogP contribution in [0, 0.1) is 5.92 Å². The van der Waals surface area contributed by atoms with Crippen molar-refractivity contribution in [2.24, 2.45) is 5.92 Å². The highest BCUT2D eigenvalue weighted by molar-refractivity contribution is 5.92. The number of anilines is 2. The number of nitrogens with one attached hydrogen (secondary N) is 2. The lowest BCUT2D eigenvalue weighted by Gasteiger charge is -2.12. The maximum atomic E-state index is 11.9. The van der Waals surface area contributed by atoms with Gasteiger partial charge in [-0.15, -0.1) is 0 Å². The van der Waals surface area contributed by atoms with Crippen molar-refractivity contribution in [1.82, 2.24) is 4.98 Å². The van der Waals surface area contributed by atoms with Crippen LogP contribution < -0.4 is 10.6 Å². The quantitative estimate of drug-likeness (QED) is 0.812. The maximum Gasteiger partial charge on any atom is 0.227 e. The first kappa shape index (κ1) is 12.9. The zero-order valence-electron chi connectivity index (χ0n) is 11.1.